The average molecular weight is 280 g/mol. The molecule has 0 aliphatic heterocycles. The van der Waals surface area contributed by atoms with Crippen LogP contribution in [0.15, 0.2) is 48.5 Å². The molecule has 0 heterocycles. The summed E-state index contributed by atoms with van der Waals surface area (Å²) in [4.78, 5) is 0. The second-order valence-corrected chi connectivity index (χ2v) is 5.01. The van der Waals surface area contributed by atoms with Crippen LogP contribution < -0.4 is 10.1 Å². The van der Waals surface area contributed by atoms with E-state index in [0.29, 0.717) is 0 Å². The molecule has 0 radical (unpaired) electrons. The van der Waals surface area contributed by atoms with Crippen LogP contribution in [-0.4, -0.2) is 13.2 Å². The number of rotatable bonds is 7. The van der Waals surface area contributed by atoms with E-state index in [4.69, 9.17) is 10.00 Å². The molecule has 2 rings (SSSR count). The van der Waals surface area contributed by atoms with Gasteiger partial charge in [0, 0.05) is 6.54 Å². The molecule has 0 saturated heterocycles. The fourth-order valence-corrected chi connectivity index (χ4v) is 2.19. The highest BCUT2D eigenvalue weighted by atomic mass is 16.5. The Kier molecular flexibility index (Phi) is 5.81. The molecule has 108 valence electrons. The molecule has 2 aromatic carbocycles. The molecule has 21 heavy (non-hydrogen) atoms. The number of nitriles is 1. The molecular formula is C18H20N2O. The molecule has 0 bridgehead atoms. The minimum absolute atomic E-state index is 0.0875. The zero-order chi connectivity index (χ0) is 14.9. The summed E-state index contributed by atoms with van der Waals surface area (Å²) in [6, 6.07) is 18.4. The van der Waals surface area contributed by atoms with Crippen LogP contribution in [0.3, 0.4) is 0 Å². The van der Waals surface area contributed by atoms with Crippen molar-refractivity contribution in [2.75, 3.05) is 13.2 Å². The third kappa shape index (κ3) is 5.29. The fraction of sp³-hybridized carbons (Fsp3) is 0.278. The molecule has 0 atom stereocenters. The van der Waals surface area contributed by atoms with E-state index in [2.05, 4.69) is 42.6 Å². The summed E-state index contributed by atoms with van der Waals surface area (Å²) < 4.78 is 5.30. The third-order valence-corrected chi connectivity index (χ3v) is 3.20. The lowest BCUT2D eigenvalue weighted by molar-refractivity contribution is 0.367. The first-order valence-corrected chi connectivity index (χ1v) is 7.13. The maximum Gasteiger partial charge on any atom is 0.174 e. The second kappa shape index (κ2) is 8.08. The molecule has 0 amide bonds. The van der Waals surface area contributed by atoms with Crippen LogP contribution in [0.2, 0.25) is 0 Å². The predicted octanol–water partition coefficient (Wildman–Crippen LogP) is 3.23. The van der Waals surface area contributed by atoms with Gasteiger partial charge in [-0.2, -0.15) is 5.26 Å². The Balaban J connectivity index is 1.77. The average Bonchev–Trinajstić information content (AvgIpc) is 2.50. The summed E-state index contributed by atoms with van der Waals surface area (Å²) in [7, 11) is 0. The lowest BCUT2D eigenvalue weighted by atomic mass is 10.1. The molecule has 0 spiro atoms. The third-order valence-electron chi connectivity index (χ3n) is 3.20. The zero-order valence-electron chi connectivity index (χ0n) is 12.3. The lowest BCUT2D eigenvalue weighted by Crippen LogP contribution is -2.16. The van der Waals surface area contributed by atoms with Gasteiger partial charge < -0.3 is 10.1 Å². The van der Waals surface area contributed by atoms with Gasteiger partial charge in [-0.05, 0) is 43.1 Å². The number of benzene rings is 2. The van der Waals surface area contributed by atoms with Crippen LogP contribution >= 0.6 is 0 Å². The molecule has 0 saturated carbocycles. The summed E-state index contributed by atoms with van der Waals surface area (Å²) in [5.41, 5.74) is 3.82. The normalized spacial score (nSPS) is 10.1. The summed E-state index contributed by atoms with van der Waals surface area (Å²) in [6.45, 7) is 3.94. The molecule has 2 aromatic rings. The summed E-state index contributed by atoms with van der Waals surface area (Å²) in [5, 5.41) is 11.9. The van der Waals surface area contributed by atoms with Crippen molar-refractivity contribution in [3.8, 4) is 11.8 Å². The van der Waals surface area contributed by atoms with Crippen LogP contribution in [0.4, 0.5) is 0 Å². The Bertz CT molecular complexity index is 617. The van der Waals surface area contributed by atoms with E-state index in [9.17, 15) is 0 Å². The van der Waals surface area contributed by atoms with Gasteiger partial charge in [-0.3, -0.25) is 0 Å². The van der Waals surface area contributed by atoms with Crippen LogP contribution in [0.25, 0.3) is 0 Å². The predicted molar refractivity (Wildman–Crippen MR) is 84.1 cm³/mol. The van der Waals surface area contributed by atoms with E-state index in [1.807, 2.05) is 24.3 Å². The van der Waals surface area contributed by atoms with Gasteiger partial charge in [0.2, 0.25) is 0 Å². The standard InChI is InChI=1S/C18H20N2O/c1-15-4-2-5-16(12-15)8-10-20-14-17-6-3-7-18(13-17)21-11-9-19/h2-7,12-13,20H,8,10-11,14H2,1H3. The maximum atomic E-state index is 8.51. The van der Waals surface area contributed by atoms with Crippen molar-refractivity contribution >= 4 is 0 Å². The van der Waals surface area contributed by atoms with Crippen LogP contribution in [-0.2, 0) is 13.0 Å². The van der Waals surface area contributed by atoms with Gasteiger partial charge in [0.15, 0.2) is 6.61 Å². The Hall–Kier alpha value is -2.31. The Morgan fingerprint density at radius 2 is 1.90 bits per heavy atom. The van der Waals surface area contributed by atoms with Crippen molar-refractivity contribution in [3.63, 3.8) is 0 Å². The number of aryl methyl sites for hydroxylation is 1. The molecule has 0 aliphatic carbocycles. The van der Waals surface area contributed by atoms with E-state index in [-0.39, 0.29) is 6.61 Å². The van der Waals surface area contributed by atoms with Gasteiger partial charge in [-0.25, -0.2) is 0 Å². The molecule has 0 unspecified atom stereocenters. The first-order chi connectivity index (χ1) is 10.3. The van der Waals surface area contributed by atoms with Crippen LogP contribution in [0.1, 0.15) is 16.7 Å². The quantitative estimate of drug-likeness (QED) is 0.792. The van der Waals surface area contributed by atoms with Gasteiger partial charge in [0.25, 0.3) is 0 Å². The smallest absolute Gasteiger partial charge is 0.174 e. The Morgan fingerprint density at radius 3 is 2.71 bits per heavy atom. The Labute approximate surface area is 126 Å². The first-order valence-electron chi connectivity index (χ1n) is 7.13. The van der Waals surface area contributed by atoms with E-state index in [0.717, 1.165) is 30.8 Å². The lowest BCUT2D eigenvalue weighted by Gasteiger charge is -2.07. The second-order valence-electron chi connectivity index (χ2n) is 5.01. The summed E-state index contributed by atoms with van der Waals surface area (Å²) >= 11 is 0. The van der Waals surface area contributed by atoms with Crippen LogP contribution in [0, 0.1) is 18.3 Å². The number of hydrogen-bond donors (Lipinski definition) is 1. The molecule has 3 heteroatoms. The highest BCUT2D eigenvalue weighted by Gasteiger charge is 1.98. The van der Waals surface area contributed by atoms with Crippen molar-refractivity contribution in [2.45, 2.75) is 19.9 Å². The van der Waals surface area contributed by atoms with E-state index >= 15 is 0 Å². The minimum Gasteiger partial charge on any atom is -0.479 e. The van der Waals surface area contributed by atoms with E-state index < -0.39 is 0 Å². The number of ether oxygens (including phenoxy) is 1. The van der Waals surface area contributed by atoms with Crippen molar-refractivity contribution in [1.29, 1.82) is 5.26 Å². The molecule has 3 nitrogen and oxygen atoms in total. The molecule has 0 aliphatic rings. The maximum absolute atomic E-state index is 8.51. The largest absolute Gasteiger partial charge is 0.479 e. The van der Waals surface area contributed by atoms with Crippen molar-refractivity contribution in [2.24, 2.45) is 0 Å². The van der Waals surface area contributed by atoms with Gasteiger partial charge in [-0.1, -0.05) is 42.0 Å². The highest BCUT2D eigenvalue weighted by Crippen LogP contribution is 2.13. The fourth-order valence-electron chi connectivity index (χ4n) is 2.19. The molecular weight excluding hydrogens is 260 g/mol. The summed E-state index contributed by atoms with van der Waals surface area (Å²) in [5.74, 6) is 0.745. The van der Waals surface area contributed by atoms with Crippen LogP contribution in [0.5, 0.6) is 5.75 Å². The van der Waals surface area contributed by atoms with Crippen molar-refractivity contribution in [1.82, 2.24) is 5.32 Å². The zero-order valence-corrected chi connectivity index (χ0v) is 12.3. The Morgan fingerprint density at radius 1 is 1.10 bits per heavy atom. The number of nitrogens with one attached hydrogen (secondary N) is 1. The van der Waals surface area contributed by atoms with Crippen molar-refractivity contribution < 1.29 is 4.74 Å². The van der Waals surface area contributed by atoms with Gasteiger partial charge >= 0.3 is 0 Å². The number of nitrogens with zero attached hydrogens (tertiary/aromatic N) is 1. The SMILES string of the molecule is Cc1cccc(CCNCc2cccc(OCC#N)c2)c1. The molecule has 0 fully saturated rings. The van der Waals surface area contributed by atoms with Crippen molar-refractivity contribution in [3.05, 3.63) is 65.2 Å². The monoisotopic (exact) mass is 280 g/mol. The molecule has 0 aromatic heterocycles. The summed E-state index contributed by atoms with van der Waals surface area (Å²) in [6.07, 6.45) is 1.02. The van der Waals surface area contributed by atoms with Gasteiger partial charge in [0.05, 0.1) is 0 Å². The first kappa shape index (κ1) is 15.1. The van der Waals surface area contributed by atoms with E-state index in [1.54, 1.807) is 0 Å². The number of hydrogen-bond acceptors (Lipinski definition) is 3. The van der Waals surface area contributed by atoms with E-state index in [1.165, 1.54) is 11.1 Å². The highest BCUT2D eigenvalue weighted by molar-refractivity contribution is 5.28. The van der Waals surface area contributed by atoms with Gasteiger partial charge in [-0.15, -0.1) is 0 Å². The molecule has 1 N–H and O–H groups in total. The minimum atomic E-state index is 0.0875. The van der Waals surface area contributed by atoms with Gasteiger partial charge in [0.1, 0.15) is 11.8 Å². The topological polar surface area (TPSA) is 45.0 Å².